The number of hydrogen-bond donors (Lipinski definition) is 1. The maximum atomic E-state index is 12.9. The van der Waals surface area contributed by atoms with E-state index < -0.39 is 0 Å². The van der Waals surface area contributed by atoms with Gasteiger partial charge in [-0.05, 0) is 43.5 Å². The first kappa shape index (κ1) is 16.7. The van der Waals surface area contributed by atoms with Crippen molar-refractivity contribution in [3.05, 3.63) is 23.8 Å². The van der Waals surface area contributed by atoms with Crippen LogP contribution in [0, 0.1) is 5.41 Å². The quantitative estimate of drug-likeness (QED) is 0.889. The number of likely N-dealkylation sites (tertiary alicyclic amines) is 2. The van der Waals surface area contributed by atoms with E-state index in [9.17, 15) is 9.90 Å². The van der Waals surface area contributed by atoms with Gasteiger partial charge in [-0.15, -0.1) is 0 Å². The fraction of sp³-hybridized carbons (Fsp3) is 0.632. The molecule has 4 rings (SSSR count). The van der Waals surface area contributed by atoms with Crippen LogP contribution in [-0.4, -0.2) is 66.8 Å². The number of aliphatic hydroxyl groups excluding tert-OH is 1. The van der Waals surface area contributed by atoms with Gasteiger partial charge in [-0.1, -0.05) is 6.07 Å². The lowest BCUT2D eigenvalue weighted by Crippen LogP contribution is -2.50. The van der Waals surface area contributed by atoms with Crippen molar-refractivity contribution >= 4 is 5.91 Å². The summed E-state index contributed by atoms with van der Waals surface area (Å²) in [6.07, 6.45) is 2.91. The van der Waals surface area contributed by atoms with Gasteiger partial charge in [0.25, 0.3) is 0 Å². The average molecular weight is 346 g/mol. The number of ether oxygens (including phenoxy) is 2. The van der Waals surface area contributed by atoms with E-state index in [1.54, 1.807) is 0 Å². The Morgan fingerprint density at radius 1 is 1.12 bits per heavy atom. The average Bonchev–Trinajstić information content (AvgIpc) is 3.03. The number of piperidine rings is 1. The van der Waals surface area contributed by atoms with Crippen LogP contribution in [0.5, 0.6) is 11.5 Å². The van der Waals surface area contributed by atoms with Gasteiger partial charge in [0.1, 0.15) is 13.2 Å². The molecule has 3 aliphatic rings. The van der Waals surface area contributed by atoms with E-state index in [1.165, 1.54) is 5.56 Å². The molecule has 1 spiro atoms. The Labute approximate surface area is 148 Å². The van der Waals surface area contributed by atoms with Crippen molar-refractivity contribution in [2.24, 2.45) is 5.41 Å². The zero-order valence-electron chi connectivity index (χ0n) is 14.6. The predicted octanol–water partition coefficient (Wildman–Crippen LogP) is 1.26. The molecule has 0 saturated carbocycles. The highest BCUT2D eigenvalue weighted by Gasteiger charge is 2.47. The van der Waals surface area contributed by atoms with Gasteiger partial charge in [-0.2, -0.15) is 0 Å². The molecular formula is C19H26N2O4. The van der Waals surface area contributed by atoms with Crippen LogP contribution < -0.4 is 9.47 Å². The molecule has 25 heavy (non-hydrogen) atoms. The molecule has 0 bridgehead atoms. The molecule has 2 saturated heterocycles. The Kier molecular flexibility index (Phi) is 4.56. The minimum Gasteiger partial charge on any atom is -0.486 e. The van der Waals surface area contributed by atoms with Crippen molar-refractivity contribution in [3.8, 4) is 11.5 Å². The number of aliphatic hydroxyl groups is 1. The van der Waals surface area contributed by atoms with Crippen molar-refractivity contribution in [3.63, 3.8) is 0 Å². The highest BCUT2D eigenvalue weighted by atomic mass is 16.6. The first-order chi connectivity index (χ1) is 12.2. The topological polar surface area (TPSA) is 62.2 Å². The molecule has 1 atom stereocenters. The molecule has 1 amide bonds. The molecule has 0 radical (unpaired) electrons. The van der Waals surface area contributed by atoms with Crippen molar-refractivity contribution in [2.75, 3.05) is 46.0 Å². The van der Waals surface area contributed by atoms with Gasteiger partial charge >= 0.3 is 0 Å². The fourth-order valence-electron chi connectivity index (χ4n) is 4.40. The van der Waals surface area contributed by atoms with Crippen molar-refractivity contribution in [1.29, 1.82) is 0 Å². The van der Waals surface area contributed by atoms with Crippen LogP contribution in [0.1, 0.15) is 24.8 Å². The van der Waals surface area contributed by atoms with Crippen LogP contribution in [0.25, 0.3) is 0 Å². The van der Waals surface area contributed by atoms with Gasteiger partial charge < -0.3 is 19.5 Å². The van der Waals surface area contributed by atoms with Gasteiger partial charge in [0, 0.05) is 26.2 Å². The first-order valence-electron chi connectivity index (χ1n) is 9.21. The standard InChI is InChI=1S/C19H26N2O4/c22-9-8-21-6-1-4-19(18(21)23)5-7-20(14-19)13-15-2-3-16-17(12-15)25-11-10-24-16/h2-3,12,22H,1,4-11,13-14H2/t19-/m1/s1. The third kappa shape index (κ3) is 3.20. The summed E-state index contributed by atoms with van der Waals surface area (Å²) in [4.78, 5) is 17.1. The third-order valence-electron chi connectivity index (χ3n) is 5.64. The van der Waals surface area contributed by atoms with E-state index in [4.69, 9.17) is 9.47 Å². The summed E-state index contributed by atoms with van der Waals surface area (Å²) >= 11 is 0. The Bertz CT molecular complexity index is 648. The normalized spacial score (nSPS) is 26.4. The zero-order valence-corrected chi connectivity index (χ0v) is 14.6. The van der Waals surface area contributed by atoms with Gasteiger partial charge in [-0.25, -0.2) is 0 Å². The van der Waals surface area contributed by atoms with Crippen LogP contribution in [-0.2, 0) is 11.3 Å². The number of benzene rings is 1. The third-order valence-corrected chi connectivity index (χ3v) is 5.64. The van der Waals surface area contributed by atoms with Crippen LogP contribution in [0.15, 0.2) is 18.2 Å². The molecule has 6 heteroatoms. The highest BCUT2D eigenvalue weighted by molar-refractivity contribution is 5.84. The maximum Gasteiger partial charge on any atom is 0.230 e. The Balaban J connectivity index is 1.43. The lowest BCUT2D eigenvalue weighted by Gasteiger charge is -2.39. The molecule has 3 aliphatic heterocycles. The number of hydrogen-bond acceptors (Lipinski definition) is 5. The highest BCUT2D eigenvalue weighted by Crippen LogP contribution is 2.41. The number of carbonyl (C=O) groups is 1. The Morgan fingerprint density at radius 2 is 1.96 bits per heavy atom. The second-order valence-electron chi connectivity index (χ2n) is 7.34. The van der Waals surface area contributed by atoms with E-state index in [2.05, 4.69) is 17.0 Å². The van der Waals surface area contributed by atoms with E-state index in [0.717, 1.165) is 56.9 Å². The molecule has 3 heterocycles. The molecule has 2 fully saturated rings. The molecule has 136 valence electrons. The summed E-state index contributed by atoms with van der Waals surface area (Å²) in [6.45, 7) is 5.06. The number of β-amino-alcohol motifs (C(OH)–C–C–N with tert-alkyl or cyclic N) is 1. The first-order valence-corrected chi connectivity index (χ1v) is 9.21. The van der Waals surface area contributed by atoms with Crippen molar-refractivity contribution < 1.29 is 19.4 Å². The molecule has 0 aliphatic carbocycles. The van der Waals surface area contributed by atoms with Crippen LogP contribution in [0.3, 0.4) is 0 Å². The van der Waals surface area contributed by atoms with Crippen LogP contribution in [0.4, 0.5) is 0 Å². The number of amides is 1. The fourth-order valence-corrected chi connectivity index (χ4v) is 4.40. The minimum absolute atomic E-state index is 0.0444. The van der Waals surface area contributed by atoms with Gasteiger partial charge in [0.05, 0.1) is 12.0 Å². The van der Waals surface area contributed by atoms with Crippen LogP contribution >= 0.6 is 0 Å². The molecule has 0 unspecified atom stereocenters. The molecule has 0 aromatic heterocycles. The van der Waals surface area contributed by atoms with E-state index in [-0.39, 0.29) is 17.9 Å². The smallest absolute Gasteiger partial charge is 0.230 e. The second kappa shape index (κ2) is 6.84. The lowest BCUT2D eigenvalue weighted by atomic mass is 9.78. The van der Waals surface area contributed by atoms with Gasteiger partial charge in [0.2, 0.25) is 5.91 Å². The van der Waals surface area contributed by atoms with Gasteiger partial charge in [0.15, 0.2) is 11.5 Å². The van der Waals surface area contributed by atoms with Crippen molar-refractivity contribution in [2.45, 2.75) is 25.8 Å². The Hall–Kier alpha value is -1.79. The SMILES string of the molecule is O=C1N(CCO)CCC[C@]12CCN(Cc1ccc3c(c1)OCCO3)C2. The van der Waals surface area contributed by atoms with E-state index >= 15 is 0 Å². The summed E-state index contributed by atoms with van der Waals surface area (Å²) < 4.78 is 11.2. The molecule has 1 N–H and O–H groups in total. The number of carbonyl (C=O) groups excluding carboxylic acids is 1. The summed E-state index contributed by atoms with van der Waals surface area (Å²) in [5.41, 5.74) is 0.943. The van der Waals surface area contributed by atoms with E-state index in [1.807, 2.05) is 11.0 Å². The summed E-state index contributed by atoms with van der Waals surface area (Å²) in [5, 5.41) is 9.18. The second-order valence-corrected chi connectivity index (χ2v) is 7.34. The molecule has 1 aromatic carbocycles. The zero-order chi connectivity index (χ0) is 17.3. The molecular weight excluding hydrogens is 320 g/mol. The predicted molar refractivity (Wildman–Crippen MR) is 92.7 cm³/mol. The molecule has 1 aromatic rings. The summed E-state index contributed by atoms with van der Waals surface area (Å²) in [5.74, 6) is 1.87. The van der Waals surface area contributed by atoms with Gasteiger partial charge in [-0.3, -0.25) is 9.69 Å². The number of rotatable bonds is 4. The number of nitrogens with zero attached hydrogens (tertiary/aromatic N) is 2. The lowest BCUT2D eigenvalue weighted by molar-refractivity contribution is -0.146. The summed E-state index contributed by atoms with van der Waals surface area (Å²) in [7, 11) is 0. The molecule has 6 nitrogen and oxygen atoms in total. The van der Waals surface area contributed by atoms with Crippen molar-refractivity contribution in [1.82, 2.24) is 9.80 Å². The van der Waals surface area contributed by atoms with E-state index in [0.29, 0.717) is 19.8 Å². The van der Waals surface area contributed by atoms with Crippen LogP contribution in [0.2, 0.25) is 0 Å². The maximum absolute atomic E-state index is 12.9. The largest absolute Gasteiger partial charge is 0.486 e. The Morgan fingerprint density at radius 3 is 2.80 bits per heavy atom. The monoisotopic (exact) mass is 346 g/mol. The number of fused-ring (bicyclic) bond motifs is 1. The summed E-state index contributed by atoms with van der Waals surface area (Å²) in [6, 6.07) is 6.11. The minimum atomic E-state index is -0.249.